The van der Waals surface area contributed by atoms with Gasteiger partial charge in [0, 0.05) is 23.4 Å². The van der Waals surface area contributed by atoms with Crippen LogP contribution in [0.15, 0.2) is 6.20 Å². The Labute approximate surface area is 110 Å². The van der Waals surface area contributed by atoms with Crippen LogP contribution >= 0.6 is 0 Å². The SMILES string of the molecule is CC1(C)Cc2[nH]ncc2-c2nn3c(c21)C(=O)NCC3. The summed E-state index contributed by atoms with van der Waals surface area (Å²) in [5.41, 5.74) is 4.71. The molecule has 1 aliphatic carbocycles. The van der Waals surface area contributed by atoms with Gasteiger partial charge in [0.05, 0.1) is 12.7 Å². The minimum atomic E-state index is -0.114. The fraction of sp³-hybridized carbons (Fsp3) is 0.462. The molecule has 0 unspecified atom stereocenters. The van der Waals surface area contributed by atoms with Crippen LogP contribution in [-0.4, -0.2) is 32.4 Å². The van der Waals surface area contributed by atoms with Crippen LogP contribution in [0.1, 0.15) is 35.6 Å². The van der Waals surface area contributed by atoms with Crippen LogP contribution in [-0.2, 0) is 18.4 Å². The Balaban J connectivity index is 2.07. The molecule has 1 amide bonds. The molecule has 0 fully saturated rings. The van der Waals surface area contributed by atoms with Crippen molar-refractivity contribution < 1.29 is 4.79 Å². The molecule has 6 nitrogen and oxygen atoms in total. The number of nitrogens with one attached hydrogen (secondary N) is 2. The number of rotatable bonds is 0. The lowest BCUT2D eigenvalue weighted by Gasteiger charge is -2.30. The molecule has 2 aliphatic rings. The highest BCUT2D eigenvalue weighted by Crippen LogP contribution is 2.43. The Morgan fingerprint density at radius 3 is 3.11 bits per heavy atom. The zero-order chi connectivity index (χ0) is 13.2. The van der Waals surface area contributed by atoms with E-state index < -0.39 is 0 Å². The molecule has 3 heterocycles. The molecule has 4 rings (SSSR count). The molecule has 0 bridgehead atoms. The minimum Gasteiger partial charge on any atom is -0.349 e. The van der Waals surface area contributed by atoms with E-state index in [0.717, 1.165) is 41.2 Å². The van der Waals surface area contributed by atoms with Crippen molar-refractivity contribution >= 4 is 5.91 Å². The molecule has 2 N–H and O–H groups in total. The molecular formula is C13H15N5O. The third kappa shape index (κ3) is 1.28. The smallest absolute Gasteiger partial charge is 0.269 e. The molecule has 98 valence electrons. The summed E-state index contributed by atoms with van der Waals surface area (Å²) in [6.45, 7) is 5.68. The van der Waals surface area contributed by atoms with Gasteiger partial charge in [0.1, 0.15) is 11.4 Å². The molecule has 6 heteroatoms. The topological polar surface area (TPSA) is 75.6 Å². The zero-order valence-corrected chi connectivity index (χ0v) is 10.9. The molecule has 2 aromatic rings. The maximum Gasteiger partial charge on any atom is 0.269 e. The molecular weight excluding hydrogens is 242 g/mol. The number of aromatic amines is 1. The van der Waals surface area contributed by atoms with E-state index in [1.165, 1.54) is 0 Å². The quantitative estimate of drug-likeness (QED) is 0.734. The fourth-order valence-electron chi connectivity index (χ4n) is 3.23. The first-order valence-electron chi connectivity index (χ1n) is 6.50. The minimum absolute atomic E-state index is 0.0139. The number of aromatic nitrogens is 4. The monoisotopic (exact) mass is 257 g/mol. The average molecular weight is 257 g/mol. The average Bonchev–Trinajstić information content (AvgIpc) is 2.92. The number of carbonyl (C=O) groups is 1. The van der Waals surface area contributed by atoms with Crippen LogP contribution in [0, 0.1) is 0 Å². The summed E-state index contributed by atoms with van der Waals surface area (Å²) in [6.07, 6.45) is 2.65. The van der Waals surface area contributed by atoms with Gasteiger partial charge in [-0.3, -0.25) is 14.6 Å². The summed E-state index contributed by atoms with van der Waals surface area (Å²) in [7, 11) is 0. The summed E-state index contributed by atoms with van der Waals surface area (Å²) in [4.78, 5) is 12.2. The third-order valence-corrected chi connectivity index (χ3v) is 4.05. The number of nitrogens with zero attached hydrogens (tertiary/aromatic N) is 3. The van der Waals surface area contributed by atoms with Crippen molar-refractivity contribution in [2.75, 3.05) is 6.54 Å². The van der Waals surface area contributed by atoms with Crippen molar-refractivity contribution in [2.45, 2.75) is 32.2 Å². The van der Waals surface area contributed by atoms with Gasteiger partial charge in [-0.1, -0.05) is 13.8 Å². The van der Waals surface area contributed by atoms with Crippen molar-refractivity contribution in [3.8, 4) is 11.3 Å². The summed E-state index contributed by atoms with van der Waals surface area (Å²) < 4.78 is 1.84. The summed E-state index contributed by atoms with van der Waals surface area (Å²) in [5.74, 6) is -0.0139. The van der Waals surface area contributed by atoms with E-state index in [0.29, 0.717) is 6.54 Å². The second-order valence-electron chi connectivity index (χ2n) is 5.87. The van der Waals surface area contributed by atoms with Gasteiger partial charge in [-0.05, 0) is 11.8 Å². The lowest BCUT2D eigenvalue weighted by molar-refractivity contribution is 0.0921. The van der Waals surface area contributed by atoms with Crippen LogP contribution in [0.5, 0.6) is 0 Å². The van der Waals surface area contributed by atoms with Crippen molar-refractivity contribution in [1.29, 1.82) is 0 Å². The van der Waals surface area contributed by atoms with Gasteiger partial charge in [-0.15, -0.1) is 0 Å². The molecule has 0 radical (unpaired) electrons. The second kappa shape index (κ2) is 3.26. The standard InChI is InChI=1S/C13H15N5O/c1-13(2)5-8-7(6-15-16-8)10-9(13)11-12(19)14-3-4-18(11)17-10/h6H,3-5H2,1-2H3,(H,14,19)(H,15,16). The van der Waals surface area contributed by atoms with Gasteiger partial charge < -0.3 is 5.32 Å². The Morgan fingerprint density at radius 2 is 2.26 bits per heavy atom. The summed E-state index contributed by atoms with van der Waals surface area (Å²) in [6, 6.07) is 0. The van der Waals surface area contributed by atoms with E-state index >= 15 is 0 Å². The molecule has 1 aliphatic heterocycles. The second-order valence-corrected chi connectivity index (χ2v) is 5.87. The van der Waals surface area contributed by atoms with Gasteiger partial charge in [-0.25, -0.2) is 0 Å². The Morgan fingerprint density at radius 1 is 1.42 bits per heavy atom. The molecule has 2 aromatic heterocycles. The number of amides is 1. The van der Waals surface area contributed by atoms with Crippen LogP contribution in [0.2, 0.25) is 0 Å². The molecule has 0 spiro atoms. The first-order chi connectivity index (χ1) is 9.08. The predicted molar refractivity (Wildman–Crippen MR) is 68.9 cm³/mol. The zero-order valence-electron chi connectivity index (χ0n) is 10.9. The van der Waals surface area contributed by atoms with Gasteiger partial charge in [0.25, 0.3) is 5.91 Å². The van der Waals surface area contributed by atoms with E-state index in [1.807, 2.05) is 4.68 Å². The fourth-order valence-corrected chi connectivity index (χ4v) is 3.23. The van der Waals surface area contributed by atoms with E-state index in [4.69, 9.17) is 0 Å². The first-order valence-corrected chi connectivity index (χ1v) is 6.50. The highest BCUT2D eigenvalue weighted by molar-refractivity contribution is 5.97. The van der Waals surface area contributed by atoms with Crippen molar-refractivity contribution in [1.82, 2.24) is 25.3 Å². The lowest BCUT2D eigenvalue weighted by atomic mass is 9.73. The van der Waals surface area contributed by atoms with Crippen LogP contribution < -0.4 is 5.32 Å². The van der Waals surface area contributed by atoms with Crippen LogP contribution in [0.25, 0.3) is 11.3 Å². The van der Waals surface area contributed by atoms with Crippen molar-refractivity contribution in [3.05, 3.63) is 23.1 Å². The van der Waals surface area contributed by atoms with Crippen molar-refractivity contribution in [2.24, 2.45) is 0 Å². The van der Waals surface area contributed by atoms with Crippen LogP contribution in [0.3, 0.4) is 0 Å². The number of fused-ring (bicyclic) bond motifs is 5. The first kappa shape index (κ1) is 10.8. The molecule has 0 saturated heterocycles. The highest BCUT2D eigenvalue weighted by atomic mass is 16.2. The third-order valence-electron chi connectivity index (χ3n) is 4.05. The van der Waals surface area contributed by atoms with E-state index in [9.17, 15) is 4.79 Å². The largest absolute Gasteiger partial charge is 0.349 e. The normalized spacial score (nSPS) is 19.4. The lowest BCUT2D eigenvalue weighted by Crippen LogP contribution is -2.38. The predicted octanol–water partition coefficient (Wildman–Crippen LogP) is 0.850. The highest BCUT2D eigenvalue weighted by Gasteiger charge is 2.40. The van der Waals surface area contributed by atoms with E-state index in [2.05, 4.69) is 34.5 Å². The van der Waals surface area contributed by atoms with Gasteiger partial charge in [0.2, 0.25) is 0 Å². The number of carbonyl (C=O) groups excluding carboxylic acids is 1. The number of H-pyrrole nitrogens is 1. The van der Waals surface area contributed by atoms with Gasteiger partial charge in [0.15, 0.2) is 0 Å². The molecule has 0 aromatic carbocycles. The van der Waals surface area contributed by atoms with Crippen molar-refractivity contribution in [3.63, 3.8) is 0 Å². The maximum atomic E-state index is 12.2. The maximum absolute atomic E-state index is 12.2. The number of hydrogen-bond donors (Lipinski definition) is 2. The van der Waals surface area contributed by atoms with E-state index in [1.54, 1.807) is 6.20 Å². The van der Waals surface area contributed by atoms with Gasteiger partial charge >= 0.3 is 0 Å². The summed E-state index contributed by atoms with van der Waals surface area (Å²) >= 11 is 0. The summed E-state index contributed by atoms with van der Waals surface area (Å²) in [5, 5.41) is 14.7. The Kier molecular flexibility index (Phi) is 1.85. The van der Waals surface area contributed by atoms with E-state index in [-0.39, 0.29) is 11.3 Å². The van der Waals surface area contributed by atoms with Crippen LogP contribution in [0.4, 0.5) is 0 Å². The number of hydrogen-bond acceptors (Lipinski definition) is 3. The Hall–Kier alpha value is -2.11. The molecule has 0 atom stereocenters. The van der Waals surface area contributed by atoms with Gasteiger partial charge in [-0.2, -0.15) is 10.2 Å². The Bertz CT molecular complexity index is 694. The molecule has 0 saturated carbocycles. The molecule has 19 heavy (non-hydrogen) atoms.